The van der Waals surface area contributed by atoms with Crippen molar-refractivity contribution in [3.8, 4) is 11.8 Å². The lowest BCUT2D eigenvalue weighted by molar-refractivity contribution is -0.132. The molecule has 2 N–H and O–H groups in total. The van der Waals surface area contributed by atoms with Crippen molar-refractivity contribution >= 4 is 22.9 Å². The molecule has 0 bridgehead atoms. The summed E-state index contributed by atoms with van der Waals surface area (Å²) in [5.41, 5.74) is 1.34. The van der Waals surface area contributed by atoms with Gasteiger partial charge in [-0.3, -0.25) is 0 Å². The summed E-state index contributed by atoms with van der Waals surface area (Å²) in [6.07, 6.45) is 3.05. The molecule has 1 heterocycles. The van der Waals surface area contributed by atoms with Gasteiger partial charge in [0.15, 0.2) is 0 Å². The normalized spacial score (nSPS) is 10.4. The minimum Gasteiger partial charge on any atom is -0.497 e. The fraction of sp³-hybridized carbons (Fsp3) is 0.0526. The minimum atomic E-state index is -1.22. The Morgan fingerprint density at radius 2 is 1.83 bits per heavy atom. The maximum atomic E-state index is 10.7. The number of hydrogen-bond acceptors (Lipinski definition) is 3. The second-order valence-corrected chi connectivity index (χ2v) is 4.78. The largest absolute Gasteiger partial charge is 0.497 e. The van der Waals surface area contributed by atoms with Crippen molar-refractivity contribution in [3.63, 3.8) is 0 Å². The second kappa shape index (κ2) is 8.20. The molecule has 24 heavy (non-hydrogen) atoms. The Hall–Kier alpha value is -3.52. The summed E-state index contributed by atoms with van der Waals surface area (Å²) in [5.74, 6) is -0.305. The number of para-hydroxylation sites is 2. The summed E-state index contributed by atoms with van der Waals surface area (Å²) in [4.78, 5) is 13.7. The third-order valence-electron chi connectivity index (χ3n) is 3.25. The van der Waals surface area contributed by atoms with Gasteiger partial charge in [-0.2, -0.15) is 5.26 Å². The second-order valence-electron chi connectivity index (χ2n) is 4.78. The fourth-order valence-electron chi connectivity index (χ4n) is 2.07. The van der Waals surface area contributed by atoms with Gasteiger partial charge in [0.05, 0.1) is 7.11 Å². The summed E-state index contributed by atoms with van der Waals surface area (Å²) < 4.78 is 4.91. The van der Waals surface area contributed by atoms with Crippen LogP contribution in [0.3, 0.4) is 0 Å². The Morgan fingerprint density at radius 1 is 1.17 bits per heavy atom. The van der Waals surface area contributed by atoms with Gasteiger partial charge in [0.2, 0.25) is 0 Å². The Balaban J connectivity index is 0.000000219. The molecule has 0 unspecified atom stereocenters. The molecule has 0 radical (unpaired) electrons. The van der Waals surface area contributed by atoms with E-state index in [1.807, 2.05) is 54.6 Å². The Kier molecular flexibility index (Phi) is 5.76. The summed E-state index contributed by atoms with van der Waals surface area (Å²) >= 11 is 0. The highest BCUT2D eigenvalue weighted by Crippen LogP contribution is 2.20. The summed E-state index contributed by atoms with van der Waals surface area (Å²) in [6, 6.07) is 18.8. The van der Waals surface area contributed by atoms with Gasteiger partial charge in [0.25, 0.3) is 0 Å². The molecule has 0 amide bonds. The molecule has 0 spiro atoms. The highest BCUT2D eigenvalue weighted by molar-refractivity contribution is 6.00. The summed E-state index contributed by atoms with van der Waals surface area (Å²) in [6.45, 7) is 0. The van der Waals surface area contributed by atoms with Crippen molar-refractivity contribution < 1.29 is 14.6 Å². The maximum Gasteiger partial charge on any atom is 0.346 e. The van der Waals surface area contributed by atoms with Crippen LogP contribution in [0.1, 0.15) is 5.56 Å². The quantitative estimate of drug-likeness (QED) is 0.567. The van der Waals surface area contributed by atoms with E-state index in [9.17, 15) is 4.79 Å². The zero-order chi connectivity index (χ0) is 17.4. The molecule has 0 atom stereocenters. The lowest BCUT2D eigenvalue weighted by Gasteiger charge is -1.93. The third kappa shape index (κ3) is 4.24. The van der Waals surface area contributed by atoms with E-state index >= 15 is 0 Å². The zero-order valence-corrected chi connectivity index (χ0v) is 13.1. The van der Waals surface area contributed by atoms with E-state index in [1.54, 1.807) is 19.4 Å². The molecule has 0 aliphatic heterocycles. The van der Waals surface area contributed by atoms with Crippen LogP contribution in [0, 0.1) is 11.3 Å². The van der Waals surface area contributed by atoms with Gasteiger partial charge >= 0.3 is 5.97 Å². The van der Waals surface area contributed by atoms with Gasteiger partial charge in [-0.15, -0.1) is 0 Å². The number of aromatic amines is 1. The maximum absolute atomic E-state index is 10.7. The fourth-order valence-corrected chi connectivity index (χ4v) is 2.07. The minimum absolute atomic E-state index is 0.273. The average molecular weight is 320 g/mol. The molecular formula is C19H16N2O3. The number of fused-ring (bicyclic) bond motifs is 1. The molecule has 120 valence electrons. The number of aliphatic carboxylic acids is 1. The van der Waals surface area contributed by atoms with Gasteiger partial charge in [0.1, 0.15) is 17.4 Å². The van der Waals surface area contributed by atoms with Crippen LogP contribution in [0.5, 0.6) is 5.75 Å². The van der Waals surface area contributed by atoms with Crippen LogP contribution in [0.4, 0.5) is 0 Å². The van der Waals surface area contributed by atoms with E-state index in [2.05, 4.69) is 4.98 Å². The Bertz CT molecular complexity index is 890. The molecule has 3 aromatic rings. The molecule has 0 saturated heterocycles. The van der Waals surface area contributed by atoms with E-state index < -0.39 is 5.97 Å². The third-order valence-corrected chi connectivity index (χ3v) is 3.25. The van der Waals surface area contributed by atoms with Gasteiger partial charge in [-0.25, -0.2) is 4.79 Å². The molecule has 3 rings (SSSR count). The molecule has 0 aliphatic rings. The van der Waals surface area contributed by atoms with E-state index in [-0.39, 0.29) is 5.57 Å². The highest BCUT2D eigenvalue weighted by Gasteiger charge is 2.07. The molecule has 5 heteroatoms. The van der Waals surface area contributed by atoms with E-state index in [0.717, 1.165) is 16.7 Å². The van der Waals surface area contributed by atoms with Crippen molar-refractivity contribution in [3.05, 3.63) is 71.9 Å². The first-order valence-corrected chi connectivity index (χ1v) is 7.16. The standard InChI is InChI=1S/C12H8N2O2.C7H8O/c13-6-8(12(15)16)5-9-7-14-11-4-2-1-3-10(9)11;1-8-7-5-3-2-4-6-7/h1-5,7,14H,(H,15,16);2-6H,1H3/b8-5+;. The lowest BCUT2D eigenvalue weighted by atomic mass is 10.1. The number of benzene rings is 2. The highest BCUT2D eigenvalue weighted by atomic mass is 16.5. The van der Waals surface area contributed by atoms with E-state index in [4.69, 9.17) is 15.1 Å². The number of carbonyl (C=O) groups is 1. The lowest BCUT2D eigenvalue weighted by Crippen LogP contribution is -1.96. The Labute approximate surface area is 139 Å². The average Bonchev–Trinajstić information content (AvgIpc) is 3.03. The predicted molar refractivity (Wildman–Crippen MR) is 92.5 cm³/mol. The topological polar surface area (TPSA) is 86.1 Å². The molecule has 0 aliphatic carbocycles. The first-order valence-electron chi connectivity index (χ1n) is 7.16. The molecular weight excluding hydrogens is 304 g/mol. The number of nitrogens with zero attached hydrogens (tertiary/aromatic N) is 1. The smallest absolute Gasteiger partial charge is 0.346 e. The molecule has 0 fully saturated rings. The van der Waals surface area contributed by atoms with Crippen LogP contribution in [0.15, 0.2) is 66.4 Å². The van der Waals surface area contributed by atoms with Crippen LogP contribution < -0.4 is 4.74 Å². The predicted octanol–water partition coefficient (Wildman–Crippen LogP) is 3.85. The number of rotatable bonds is 3. The number of carboxylic acid groups (broad SMARTS) is 1. The van der Waals surface area contributed by atoms with Crippen molar-refractivity contribution in [1.82, 2.24) is 4.98 Å². The van der Waals surface area contributed by atoms with Crippen LogP contribution in [0.2, 0.25) is 0 Å². The van der Waals surface area contributed by atoms with Crippen LogP contribution in [0.25, 0.3) is 17.0 Å². The number of carboxylic acids is 1. The molecule has 2 aromatic carbocycles. The number of nitriles is 1. The van der Waals surface area contributed by atoms with Crippen LogP contribution in [-0.4, -0.2) is 23.2 Å². The number of H-pyrrole nitrogens is 1. The molecule has 1 aromatic heterocycles. The number of ether oxygens (including phenoxy) is 1. The van der Waals surface area contributed by atoms with Gasteiger partial charge in [-0.05, 0) is 24.3 Å². The molecule has 0 saturated carbocycles. The van der Waals surface area contributed by atoms with Crippen molar-refractivity contribution in [2.45, 2.75) is 0 Å². The van der Waals surface area contributed by atoms with Crippen LogP contribution >= 0.6 is 0 Å². The monoisotopic (exact) mass is 320 g/mol. The number of nitrogens with one attached hydrogen (secondary N) is 1. The molecule has 5 nitrogen and oxygen atoms in total. The van der Waals surface area contributed by atoms with Gasteiger partial charge in [-0.1, -0.05) is 36.4 Å². The first-order chi connectivity index (χ1) is 11.7. The SMILES string of the molecule is COc1ccccc1.N#C/C(=C\c1c[nH]c2ccccc12)C(=O)O. The van der Waals surface area contributed by atoms with Crippen molar-refractivity contribution in [1.29, 1.82) is 5.26 Å². The number of aromatic nitrogens is 1. The summed E-state index contributed by atoms with van der Waals surface area (Å²) in [7, 11) is 1.66. The zero-order valence-electron chi connectivity index (χ0n) is 13.1. The van der Waals surface area contributed by atoms with Gasteiger partial charge in [0, 0.05) is 22.7 Å². The van der Waals surface area contributed by atoms with Gasteiger partial charge < -0.3 is 14.8 Å². The number of methoxy groups -OCH3 is 1. The first kappa shape index (κ1) is 16.8. The van der Waals surface area contributed by atoms with Crippen LogP contribution in [-0.2, 0) is 4.79 Å². The Morgan fingerprint density at radius 3 is 2.42 bits per heavy atom. The van der Waals surface area contributed by atoms with E-state index in [0.29, 0.717) is 5.56 Å². The summed E-state index contributed by atoms with van der Waals surface area (Å²) in [5, 5.41) is 18.3. The van der Waals surface area contributed by atoms with Crippen molar-refractivity contribution in [2.24, 2.45) is 0 Å². The van der Waals surface area contributed by atoms with Crippen molar-refractivity contribution in [2.75, 3.05) is 7.11 Å². The number of hydrogen-bond donors (Lipinski definition) is 2. The van der Waals surface area contributed by atoms with E-state index in [1.165, 1.54) is 6.08 Å².